The fourth-order valence-corrected chi connectivity index (χ4v) is 3.79. The molecule has 0 heterocycles. The molecule has 0 amide bonds. The van der Waals surface area contributed by atoms with Crippen LogP contribution in [0.1, 0.15) is 0 Å². The third-order valence-corrected chi connectivity index (χ3v) is 4.47. The van der Waals surface area contributed by atoms with Gasteiger partial charge in [0.05, 0.1) is 0 Å². The zero-order valence-corrected chi connectivity index (χ0v) is 17.2. The van der Waals surface area contributed by atoms with Crippen LogP contribution in [-0.2, 0) is 45.9 Å². The number of carbonyl (C=O) groups is 2. The Bertz CT molecular complexity index is 741. The van der Waals surface area contributed by atoms with Gasteiger partial charge in [0.25, 0.3) is 0 Å². The van der Waals surface area contributed by atoms with Crippen molar-refractivity contribution in [2.45, 2.75) is 24.4 Å². The molecule has 0 fully saturated rings. The number of hydrogen-bond donors (Lipinski definition) is 10. The van der Waals surface area contributed by atoms with Gasteiger partial charge in [0, 0.05) is 0 Å². The van der Waals surface area contributed by atoms with E-state index < -0.39 is 67.6 Å². The van der Waals surface area contributed by atoms with Gasteiger partial charge in [0.1, 0.15) is 12.2 Å². The molecular formula is C6H14O20P4. The Morgan fingerprint density at radius 1 is 0.500 bits per heavy atom. The Morgan fingerprint density at radius 2 is 0.700 bits per heavy atom. The van der Waals surface area contributed by atoms with Crippen molar-refractivity contribution in [3.05, 3.63) is 0 Å². The van der Waals surface area contributed by atoms with Gasteiger partial charge >= 0.3 is 43.2 Å². The smallest absolute Gasteiger partial charge is 0.470 e. The summed E-state index contributed by atoms with van der Waals surface area (Å²) in [6.45, 7) is 0. The second-order valence-electron chi connectivity index (χ2n) is 4.83. The molecule has 178 valence electrons. The monoisotopic (exact) mass is 530 g/mol. The maximum Gasteiger partial charge on any atom is 0.470 e. The van der Waals surface area contributed by atoms with E-state index in [1.165, 1.54) is 0 Å². The van der Waals surface area contributed by atoms with Gasteiger partial charge in [0.2, 0.25) is 0 Å². The molecule has 10 N–H and O–H groups in total. The molecule has 0 radical (unpaired) electrons. The molecule has 24 heteroatoms. The highest BCUT2D eigenvalue weighted by atomic mass is 31.2. The van der Waals surface area contributed by atoms with Crippen molar-refractivity contribution in [2.24, 2.45) is 0 Å². The van der Waals surface area contributed by atoms with E-state index in [2.05, 4.69) is 18.1 Å². The Morgan fingerprint density at radius 3 is 0.833 bits per heavy atom. The van der Waals surface area contributed by atoms with Crippen molar-refractivity contribution in [1.29, 1.82) is 0 Å². The highest BCUT2D eigenvalue weighted by Crippen LogP contribution is 2.49. The summed E-state index contributed by atoms with van der Waals surface area (Å²) in [4.78, 5) is 93.0. The molecule has 30 heavy (non-hydrogen) atoms. The molecule has 0 saturated heterocycles. The van der Waals surface area contributed by atoms with Crippen LogP contribution in [0.3, 0.4) is 0 Å². The lowest BCUT2D eigenvalue weighted by atomic mass is 10.0. The second kappa shape index (κ2) is 10.3. The van der Waals surface area contributed by atoms with Gasteiger partial charge in [-0.15, -0.1) is 0 Å². The zero-order chi connectivity index (χ0) is 24.3. The fraction of sp³-hybridized carbons (Fsp3) is 0.667. The molecule has 0 aliphatic heterocycles. The highest BCUT2D eigenvalue weighted by molar-refractivity contribution is 7.47. The van der Waals surface area contributed by atoms with Crippen molar-refractivity contribution < 1.29 is 95.3 Å². The van der Waals surface area contributed by atoms with E-state index in [9.17, 15) is 27.8 Å². The largest absolute Gasteiger partial charge is 0.479 e. The average molecular weight is 530 g/mol. The van der Waals surface area contributed by atoms with Crippen LogP contribution < -0.4 is 0 Å². The van der Waals surface area contributed by atoms with Gasteiger partial charge in [-0.1, -0.05) is 0 Å². The van der Waals surface area contributed by atoms with E-state index in [-0.39, 0.29) is 0 Å². The van der Waals surface area contributed by atoms with Gasteiger partial charge in [0.15, 0.2) is 12.2 Å². The second-order valence-corrected chi connectivity index (χ2v) is 9.60. The molecule has 0 spiro atoms. The maximum absolute atomic E-state index is 11.3. The minimum atomic E-state index is -5.99. The third-order valence-electron chi connectivity index (χ3n) is 2.43. The van der Waals surface area contributed by atoms with E-state index in [1.807, 2.05) is 0 Å². The molecule has 0 aromatic carbocycles. The molecule has 0 aliphatic carbocycles. The number of aliphatic carboxylic acids is 2. The summed E-state index contributed by atoms with van der Waals surface area (Å²) in [5, 5.41) is 18.0. The first-order valence-electron chi connectivity index (χ1n) is 6.44. The third kappa shape index (κ3) is 12.3. The lowest BCUT2D eigenvalue weighted by Gasteiger charge is -2.33. The van der Waals surface area contributed by atoms with Gasteiger partial charge in [-0.2, -0.15) is 0 Å². The number of rotatable bonds is 13. The maximum atomic E-state index is 11.3. The minimum absolute atomic E-state index is 2.56. The highest BCUT2D eigenvalue weighted by Gasteiger charge is 2.52. The van der Waals surface area contributed by atoms with Crippen molar-refractivity contribution in [3.63, 3.8) is 0 Å². The Hall–Kier alpha value is -0.620. The van der Waals surface area contributed by atoms with Gasteiger partial charge in [-0.3, -0.25) is 18.1 Å². The average Bonchev–Trinajstić information content (AvgIpc) is 2.41. The molecule has 0 aromatic heterocycles. The molecule has 20 nitrogen and oxygen atoms in total. The van der Waals surface area contributed by atoms with Crippen molar-refractivity contribution in [1.82, 2.24) is 0 Å². The topological polar surface area (TPSA) is 342 Å². The normalized spacial score (nSPS) is 17.7. The first-order valence-corrected chi connectivity index (χ1v) is 12.6. The van der Waals surface area contributed by atoms with E-state index in [1.54, 1.807) is 0 Å². The van der Waals surface area contributed by atoms with Crippen LogP contribution in [0.2, 0.25) is 0 Å². The first kappa shape index (κ1) is 29.4. The number of phosphoric acid groups is 4. The fourth-order valence-electron chi connectivity index (χ4n) is 1.68. The van der Waals surface area contributed by atoms with Crippen molar-refractivity contribution in [3.8, 4) is 0 Å². The molecule has 0 aliphatic rings. The molecule has 0 rings (SSSR count). The van der Waals surface area contributed by atoms with Crippen molar-refractivity contribution in [2.75, 3.05) is 0 Å². The summed E-state index contributed by atoms with van der Waals surface area (Å²) in [6, 6.07) is 0. The lowest BCUT2D eigenvalue weighted by molar-refractivity contribution is -0.167. The minimum Gasteiger partial charge on any atom is -0.479 e. The van der Waals surface area contributed by atoms with E-state index in [4.69, 9.17) is 49.4 Å². The van der Waals surface area contributed by atoms with E-state index >= 15 is 0 Å². The van der Waals surface area contributed by atoms with Crippen LogP contribution in [0.25, 0.3) is 0 Å². The standard InChI is InChI=1S/C6H14O20P4/c7-5(8)3(25-29(17,18)19)1(23-27(11,12)13)2(24-28(14,15)16)4(6(9)10)26-30(20,21)22/h1-4H,(H,7,8)(H,9,10)(H2,11,12,13)(H2,14,15,16)(H2,17,18,19)(H2,20,21,22)/t1-,2+,3-,4-/m1/s1. The predicted molar refractivity (Wildman–Crippen MR) is 82.9 cm³/mol. The number of hydrogen-bond acceptors (Lipinski definition) is 10. The van der Waals surface area contributed by atoms with Crippen LogP contribution in [0, 0.1) is 0 Å². The van der Waals surface area contributed by atoms with Gasteiger partial charge in [-0.05, 0) is 0 Å². The summed E-state index contributed by atoms with van der Waals surface area (Å²) in [5.74, 6) is -5.12. The van der Waals surface area contributed by atoms with Crippen LogP contribution in [0.4, 0.5) is 0 Å². The van der Waals surface area contributed by atoms with Crippen LogP contribution in [0.15, 0.2) is 0 Å². The summed E-state index contributed by atoms with van der Waals surface area (Å²) >= 11 is 0. The summed E-state index contributed by atoms with van der Waals surface area (Å²) in [5.41, 5.74) is 0. The molecule has 0 saturated carbocycles. The molecule has 0 aromatic rings. The summed E-state index contributed by atoms with van der Waals surface area (Å²) < 4.78 is 59.1. The van der Waals surface area contributed by atoms with Crippen LogP contribution in [0.5, 0.6) is 0 Å². The summed E-state index contributed by atoms with van der Waals surface area (Å²) in [7, 11) is -23.8. The van der Waals surface area contributed by atoms with E-state index in [0.29, 0.717) is 0 Å². The number of carboxylic acids is 2. The van der Waals surface area contributed by atoms with Crippen molar-refractivity contribution >= 4 is 43.2 Å². The van der Waals surface area contributed by atoms with Gasteiger partial charge < -0.3 is 49.4 Å². The molecular weight excluding hydrogens is 516 g/mol. The Labute approximate surface area is 163 Å². The zero-order valence-electron chi connectivity index (χ0n) is 13.7. The SMILES string of the molecule is O=C(O)[C@H](OP(=O)(O)O)[C@H](OP(=O)(O)O)[C@H](OP(=O)(O)O)[C@@H](OP(=O)(O)O)C(=O)O. The lowest BCUT2D eigenvalue weighted by Crippen LogP contribution is -2.53. The summed E-state index contributed by atoms with van der Waals surface area (Å²) in [6.07, 6.45) is -13.4. The Balaban J connectivity index is 6.76. The Kier molecular flexibility index (Phi) is 10.1. The van der Waals surface area contributed by atoms with Gasteiger partial charge in [-0.25, -0.2) is 27.8 Å². The van der Waals surface area contributed by atoms with E-state index in [0.717, 1.165) is 0 Å². The first-order chi connectivity index (χ1) is 13.0. The van der Waals surface area contributed by atoms with Crippen LogP contribution in [-0.4, -0.2) is 85.7 Å². The number of phosphoric ester groups is 4. The number of carboxylic acid groups (broad SMARTS) is 2. The molecule has 0 unspecified atom stereocenters. The predicted octanol–water partition coefficient (Wildman–Crippen LogP) is -2.93. The molecule has 4 atom stereocenters. The molecule has 0 bridgehead atoms. The quantitative estimate of drug-likeness (QED) is 0.106. The van der Waals surface area contributed by atoms with Crippen LogP contribution >= 0.6 is 31.3 Å².